The summed E-state index contributed by atoms with van der Waals surface area (Å²) in [5, 5.41) is 4.42. The Kier molecular flexibility index (Phi) is 4.94. The second kappa shape index (κ2) is 7.77. The predicted octanol–water partition coefficient (Wildman–Crippen LogP) is 4.32. The zero-order valence-electron chi connectivity index (χ0n) is 17.1. The van der Waals surface area contributed by atoms with Gasteiger partial charge in [-0.2, -0.15) is 5.10 Å². The number of hydrogen-bond acceptors (Lipinski definition) is 5. The average Bonchev–Trinajstić information content (AvgIpc) is 3.22. The van der Waals surface area contributed by atoms with Crippen LogP contribution in [-0.4, -0.2) is 44.0 Å². The number of carbonyl (C=O) groups is 1. The normalized spacial score (nSPS) is 15.7. The monoisotopic (exact) mass is 477 g/mol. The maximum Gasteiger partial charge on any atom is 0.274 e. The Bertz CT molecular complexity index is 1300. The molecular formula is C23H20BrN5O2. The third-order valence-corrected chi connectivity index (χ3v) is 6.13. The summed E-state index contributed by atoms with van der Waals surface area (Å²) in [7, 11) is 1.63. The zero-order chi connectivity index (χ0) is 21.5. The number of pyridine rings is 1. The van der Waals surface area contributed by atoms with E-state index in [1.54, 1.807) is 36.3 Å². The highest BCUT2D eigenvalue weighted by atomic mass is 79.9. The third-order valence-electron chi connectivity index (χ3n) is 5.72. The van der Waals surface area contributed by atoms with E-state index in [4.69, 9.17) is 4.74 Å². The van der Waals surface area contributed by atoms with E-state index >= 15 is 0 Å². The van der Waals surface area contributed by atoms with Gasteiger partial charge in [-0.05, 0) is 58.1 Å². The van der Waals surface area contributed by atoms with Gasteiger partial charge in [0.1, 0.15) is 0 Å². The number of benzene rings is 1. The van der Waals surface area contributed by atoms with Crippen LogP contribution in [0.5, 0.6) is 5.88 Å². The van der Waals surface area contributed by atoms with Crippen molar-refractivity contribution in [1.82, 2.24) is 24.5 Å². The van der Waals surface area contributed by atoms with E-state index in [1.807, 2.05) is 17.0 Å². The largest absolute Gasteiger partial charge is 0.481 e. The number of fused-ring (bicyclic) bond motifs is 2. The van der Waals surface area contributed by atoms with Crippen molar-refractivity contribution in [3.8, 4) is 17.0 Å². The first kappa shape index (κ1) is 19.7. The van der Waals surface area contributed by atoms with E-state index in [9.17, 15) is 4.79 Å². The Hall–Kier alpha value is -3.26. The number of rotatable bonds is 3. The van der Waals surface area contributed by atoms with Gasteiger partial charge in [-0.25, -0.2) is 14.5 Å². The van der Waals surface area contributed by atoms with Crippen LogP contribution in [0, 0.1) is 0 Å². The molecular weight excluding hydrogens is 458 g/mol. The molecule has 0 N–H and O–H groups in total. The van der Waals surface area contributed by atoms with Crippen LogP contribution in [0.3, 0.4) is 0 Å². The van der Waals surface area contributed by atoms with Crippen molar-refractivity contribution in [1.29, 1.82) is 0 Å². The third kappa shape index (κ3) is 3.46. The summed E-state index contributed by atoms with van der Waals surface area (Å²) in [6, 6.07) is 11.9. The first-order chi connectivity index (χ1) is 15.0. The van der Waals surface area contributed by atoms with Crippen LogP contribution in [0.25, 0.3) is 16.8 Å². The Morgan fingerprint density at radius 1 is 1.23 bits per heavy atom. The Balaban J connectivity index is 1.44. The first-order valence-electron chi connectivity index (χ1n) is 9.99. The molecule has 0 bridgehead atoms. The standard InChI is InChI=1S/C23H20BrN5O2/c1-14-18-6-5-15(19-4-3-8-25-22(19)31-2)10-16(18)7-9-28(14)23(30)20-11-21-26-12-17(24)13-29(21)27-20/h3-6,8,10-14H,7,9H2,1-2H3. The first-order valence-corrected chi connectivity index (χ1v) is 10.8. The number of carbonyl (C=O) groups excluding carboxylic acids is 1. The quantitative estimate of drug-likeness (QED) is 0.439. The topological polar surface area (TPSA) is 72.6 Å². The number of aromatic nitrogens is 4. The van der Waals surface area contributed by atoms with Crippen molar-refractivity contribution in [3.63, 3.8) is 0 Å². The summed E-state index contributed by atoms with van der Waals surface area (Å²) in [5.74, 6) is 0.521. The number of nitrogens with zero attached hydrogens (tertiary/aromatic N) is 5. The molecule has 0 radical (unpaired) electrons. The number of methoxy groups -OCH3 is 1. The molecule has 1 aromatic carbocycles. The SMILES string of the molecule is COc1ncccc1-c1ccc2c(c1)CCN(C(=O)c1cc3ncc(Br)cn3n1)C2C. The maximum atomic E-state index is 13.2. The molecule has 5 rings (SSSR count). The lowest BCUT2D eigenvalue weighted by Crippen LogP contribution is -2.39. The minimum absolute atomic E-state index is 0.0504. The molecule has 1 aliphatic heterocycles. The summed E-state index contributed by atoms with van der Waals surface area (Å²) in [6.45, 7) is 2.69. The summed E-state index contributed by atoms with van der Waals surface area (Å²) in [6.07, 6.45) is 5.99. The highest BCUT2D eigenvalue weighted by Crippen LogP contribution is 2.35. The van der Waals surface area contributed by atoms with Crippen molar-refractivity contribution in [2.45, 2.75) is 19.4 Å². The lowest BCUT2D eigenvalue weighted by Gasteiger charge is -2.35. The van der Waals surface area contributed by atoms with Gasteiger partial charge in [0, 0.05) is 36.8 Å². The molecule has 0 spiro atoms. The van der Waals surface area contributed by atoms with Gasteiger partial charge >= 0.3 is 0 Å². The number of ether oxygens (including phenoxy) is 1. The predicted molar refractivity (Wildman–Crippen MR) is 120 cm³/mol. The molecule has 8 heteroatoms. The van der Waals surface area contributed by atoms with Crippen molar-refractivity contribution in [2.75, 3.05) is 13.7 Å². The molecule has 4 heterocycles. The molecule has 1 unspecified atom stereocenters. The van der Waals surface area contributed by atoms with Crippen LogP contribution >= 0.6 is 15.9 Å². The molecule has 1 amide bonds. The molecule has 0 fully saturated rings. The van der Waals surface area contributed by atoms with Crippen molar-refractivity contribution >= 4 is 27.5 Å². The number of halogens is 1. The summed E-state index contributed by atoms with van der Waals surface area (Å²) >= 11 is 3.38. The number of hydrogen-bond donors (Lipinski definition) is 0. The van der Waals surface area contributed by atoms with E-state index in [0.29, 0.717) is 23.8 Å². The Labute approximate surface area is 187 Å². The smallest absolute Gasteiger partial charge is 0.274 e. The second-order valence-electron chi connectivity index (χ2n) is 7.50. The fourth-order valence-corrected chi connectivity index (χ4v) is 4.45. The lowest BCUT2D eigenvalue weighted by atomic mass is 9.90. The van der Waals surface area contributed by atoms with Gasteiger partial charge < -0.3 is 9.64 Å². The van der Waals surface area contributed by atoms with E-state index < -0.39 is 0 Å². The molecule has 0 aliphatic carbocycles. The molecule has 1 atom stereocenters. The fourth-order valence-electron chi connectivity index (χ4n) is 4.16. The van der Waals surface area contributed by atoms with Crippen LogP contribution in [0.4, 0.5) is 0 Å². The van der Waals surface area contributed by atoms with Crippen molar-refractivity contribution in [3.05, 3.63) is 76.3 Å². The van der Waals surface area contributed by atoms with Crippen LogP contribution < -0.4 is 4.74 Å². The molecule has 31 heavy (non-hydrogen) atoms. The van der Waals surface area contributed by atoms with Gasteiger partial charge in [0.2, 0.25) is 5.88 Å². The van der Waals surface area contributed by atoms with Gasteiger partial charge in [0.15, 0.2) is 11.3 Å². The lowest BCUT2D eigenvalue weighted by molar-refractivity contribution is 0.0671. The Morgan fingerprint density at radius 3 is 2.94 bits per heavy atom. The summed E-state index contributed by atoms with van der Waals surface area (Å²) < 4.78 is 7.84. The summed E-state index contributed by atoms with van der Waals surface area (Å²) in [5.41, 5.74) is 5.45. The van der Waals surface area contributed by atoms with E-state index in [1.165, 1.54) is 5.56 Å². The van der Waals surface area contributed by atoms with Gasteiger partial charge in [-0.3, -0.25) is 4.79 Å². The van der Waals surface area contributed by atoms with Crippen molar-refractivity contribution in [2.24, 2.45) is 0 Å². The van der Waals surface area contributed by atoms with Gasteiger partial charge in [0.25, 0.3) is 5.91 Å². The second-order valence-corrected chi connectivity index (χ2v) is 8.42. The zero-order valence-corrected chi connectivity index (χ0v) is 18.7. The van der Waals surface area contributed by atoms with Crippen LogP contribution in [0.15, 0.2) is 59.5 Å². The maximum absolute atomic E-state index is 13.2. The molecule has 1 aliphatic rings. The van der Waals surface area contributed by atoms with E-state index in [2.05, 4.69) is 56.1 Å². The highest BCUT2D eigenvalue weighted by Gasteiger charge is 2.30. The fraction of sp³-hybridized carbons (Fsp3) is 0.217. The van der Waals surface area contributed by atoms with Gasteiger partial charge in [0.05, 0.1) is 17.6 Å². The minimum atomic E-state index is -0.0854. The van der Waals surface area contributed by atoms with Gasteiger partial charge in [-0.15, -0.1) is 0 Å². The molecule has 0 saturated carbocycles. The van der Waals surface area contributed by atoms with Gasteiger partial charge in [-0.1, -0.05) is 18.2 Å². The molecule has 3 aromatic heterocycles. The van der Waals surface area contributed by atoms with E-state index in [-0.39, 0.29) is 11.9 Å². The van der Waals surface area contributed by atoms with Crippen LogP contribution in [0.2, 0.25) is 0 Å². The highest BCUT2D eigenvalue weighted by molar-refractivity contribution is 9.10. The summed E-state index contributed by atoms with van der Waals surface area (Å²) in [4.78, 5) is 23.7. The molecule has 4 aromatic rings. The van der Waals surface area contributed by atoms with Crippen LogP contribution in [-0.2, 0) is 6.42 Å². The number of amides is 1. The molecule has 0 saturated heterocycles. The molecule has 156 valence electrons. The van der Waals surface area contributed by atoms with E-state index in [0.717, 1.165) is 27.6 Å². The average molecular weight is 478 g/mol. The minimum Gasteiger partial charge on any atom is -0.481 e. The van der Waals surface area contributed by atoms with Crippen LogP contribution in [0.1, 0.15) is 34.6 Å². The van der Waals surface area contributed by atoms with Crippen molar-refractivity contribution < 1.29 is 9.53 Å². The molecule has 7 nitrogen and oxygen atoms in total. The Morgan fingerprint density at radius 2 is 2.10 bits per heavy atom.